The molecule has 0 spiro atoms. The molecular weight excluding hydrogens is 793 g/mol. The van der Waals surface area contributed by atoms with Gasteiger partial charge in [0.2, 0.25) is 17.4 Å². The molecule has 0 bridgehead atoms. The smallest absolute Gasteiger partial charge is 0.339 e. The summed E-state index contributed by atoms with van der Waals surface area (Å²) in [5.41, 5.74) is -1.50. The average Bonchev–Trinajstić information content (AvgIpc) is 2.74. The molecule has 0 N–H and O–H groups in total. The Morgan fingerprint density at radius 3 is 2.06 bits per heavy atom. The fourth-order valence-corrected chi connectivity index (χ4v) is 4.92. The molecule has 0 heterocycles. The lowest BCUT2D eigenvalue weighted by Crippen LogP contribution is -2.27. The van der Waals surface area contributed by atoms with Crippen LogP contribution in [-0.2, 0) is 9.53 Å². The highest BCUT2D eigenvalue weighted by atomic mass is 127. The molecule has 0 amide bonds. The van der Waals surface area contributed by atoms with Gasteiger partial charge in [-0.1, -0.05) is 0 Å². The van der Waals surface area contributed by atoms with Gasteiger partial charge in [-0.25, -0.2) is 13.6 Å². The molecule has 2 aromatic carbocycles. The number of halogens is 7. The van der Waals surface area contributed by atoms with Crippen LogP contribution >= 0.6 is 67.8 Å². The fourth-order valence-electron chi connectivity index (χ4n) is 2.54. The third-order valence-electron chi connectivity index (χ3n) is 4.11. The number of unbranched alkanes of at least 4 members (excludes halogenated alkanes) is 2. The lowest BCUT2D eigenvalue weighted by Gasteiger charge is -2.12. The highest BCUT2D eigenvalue weighted by Gasteiger charge is 2.28. The molecule has 0 fully saturated rings. The van der Waals surface area contributed by atoms with E-state index in [0.29, 0.717) is 18.4 Å². The van der Waals surface area contributed by atoms with E-state index in [0.717, 1.165) is 10.7 Å². The first-order valence-electron chi connectivity index (χ1n) is 9.05. The Hall–Kier alpha value is -1.24. The van der Waals surface area contributed by atoms with Gasteiger partial charge in [0.1, 0.15) is 0 Å². The Morgan fingerprint density at radius 2 is 1.48 bits per heavy atom. The number of carbonyl (C=O) groups excluding carboxylic acids is 3. The summed E-state index contributed by atoms with van der Waals surface area (Å²) in [5, 5.41) is 10.6. The maximum atomic E-state index is 13.8. The molecule has 33 heavy (non-hydrogen) atoms. The normalized spacial score (nSPS) is 10.8. The number of rotatable bonds is 9. The Kier molecular flexibility index (Phi) is 10.6. The third-order valence-corrected chi connectivity index (χ3v) is 7.78. The Morgan fingerprint density at radius 1 is 0.879 bits per heavy atom. The van der Waals surface area contributed by atoms with E-state index in [4.69, 9.17) is 4.74 Å². The number of hydrogen-bond acceptors (Lipinski definition) is 6. The van der Waals surface area contributed by atoms with Crippen LogP contribution in [0.3, 0.4) is 0 Å². The highest BCUT2D eigenvalue weighted by Crippen LogP contribution is 2.30. The molecule has 2 aromatic rings. The van der Waals surface area contributed by atoms with Gasteiger partial charge in [-0.2, -0.15) is 8.78 Å². The van der Waals surface area contributed by atoms with Crippen molar-refractivity contribution in [2.45, 2.75) is 25.7 Å². The minimum Gasteiger partial charge on any atom is -0.545 e. The van der Waals surface area contributed by atoms with Crippen molar-refractivity contribution in [1.82, 2.24) is 0 Å². The number of hydrogen-bond donors (Lipinski definition) is 0. The monoisotopic (exact) mass is 805 g/mol. The Bertz CT molecular complexity index is 1080. The van der Waals surface area contributed by atoms with Gasteiger partial charge in [0.25, 0.3) is 0 Å². The summed E-state index contributed by atoms with van der Waals surface area (Å²) in [6.45, 7) is 0.0659. The summed E-state index contributed by atoms with van der Waals surface area (Å²) >= 11 is 6.24. The molecule has 0 aromatic heterocycles. The molecule has 13 heteroatoms. The van der Waals surface area contributed by atoms with Crippen molar-refractivity contribution in [3.05, 3.63) is 57.2 Å². The topological polar surface area (TPSA) is 92.7 Å². The molecule has 2 rings (SSSR count). The van der Waals surface area contributed by atoms with E-state index in [1.165, 1.54) is 0 Å². The predicted octanol–water partition coefficient (Wildman–Crippen LogP) is 4.74. The van der Waals surface area contributed by atoms with Gasteiger partial charge in [-0.05, 0) is 99.2 Å². The van der Waals surface area contributed by atoms with Crippen LogP contribution in [0.1, 0.15) is 46.4 Å². The fraction of sp³-hybridized carbons (Fsp3) is 0.250. The van der Waals surface area contributed by atoms with E-state index in [1.807, 2.05) is 28.7 Å². The quantitative estimate of drug-likeness (QED) is 0.0909. The number of carboxylic acids is 1. The summed E-state index contributed by atoms with van der Waals surface area (Å²) in [6.07, 6.45) is 0.565. The van der Waals surface area contributed by atoms with Gasteiger partial charge >= 0.3 is 11.9 Å². The van der Waals surface area contributed by atoms with Crippen molar-refractivity contribution in [3.8, 4) is 5.75 Å². The van der Waals surface area contributed by atoms with E-state index in [9.17, 15) is 37.1 Å². The lowest BCUT2D eigenvalue weighted by atomic mass is 10.1. The van der Waals surface area contributed by atoms with Gasteiger partial charge in [-0.3, -0.25) is 4.79 Å². The van der Waals surface area contributed by atoms with Gasteiger partial charge in [-0.15, -0.1) is 0 Å². The summed E-state index contributed by atoms with van der Waals surface area (Å²) in [6, 6.07) is 3.61. The van der Waals surface area contributed by atoms with Crippen LogP contribution in [0.25, 0.3) is 0 Å². The summed E-state index contributed by atoms with van der Waals surface area (Å²) in [4.78, 5) is 34.6. The zero-order valence-corrected chi connectivity index (χ0v) is 22.8. The van der Waals surface area contributed by atoms with Gasteiger partial charge in [0.05, 0.1) is 23.7 Å². The second kappa shape index (κ2) is 12.5. The van der Waals surface area contributed by atoms with Crippen molar-refractivity contribution in [2.75, 3.05) is 6.61 Å². The van der Waals surface area contributed by atoms with E-state index >= 15 is 0 Å². The van der Waals surface area contributed by atoms with Crippen LogP contribution < -0.4 is 9.84 Å². The standard InChI is InChI=1S/C20H13F4I3O6/c21-13-12(19(29)30)14(22)16(24)18(15(13)23)33-11(28)4-2-1-3-5-32-20(31)9-6-8(25)7-10(26)17(9)27/h6-7H,1-5H2,(H,29,30)/p-1. The van der Waals surface area contributed by atoms with E-state index < -0.39 is 52.5 Å². The van der Waals surface area contributed by atoms with Gasteiger partial charge < -0.3 is 19.4 Å². The number of benzene rings is 2. The minimum absolute atomic E-state index is 0.0659. The van der Waals surface area contributed by atoms with Crippen LogP contribution in [0.4, 0.5) is 17.6 Å². The molecule has 6 nitrogen and oxygen atoms in total. The third kappa shape index (κ3) is 7.12. The van der Waals surface area contributed by atoms with Crippen LogP contribution in [0.15, 0.2) is 12.1 Å². The second-order valence-corrected chi connectivity index (χ2v) is 9.90. The Labute approximate surface area is 225 Å². The molecule has 0 aliphatic heterocycles. The SMILES string of the molecule is O=C(CCCCCOC(=O)c1cc(I)cc(I)c1I)Oc1c(F)c(F)c(C(=O)[O-])c(F)c1F. The van der Waals surface area contributed by atoms with Crippen molar-refractivity contribution in [1.29, 1.82) is 0 Å². The maximum Gasteiger partial charge on any atom is 0.339 e. The number of ether oxygens (including phenoxy) is 2. The second-order valence-electron chi connectivity index (χ2n) is 6.42. The van der Waals surface area contributed by atoms with Crippen molar-refractivity contribution in [3.63, 3.8) is 0 Å². The molecule has 0 aliphatic rings. The van der Waals surface area contributed by atoms with Crippen LogP contribution in [0.5, 0.6) is 5.75 Å². The van der Waals surface area contributed by atoms with E-state index in [2.05, 4.69) is 49.9 Å². The largest absolute Gasteiger partial charge is 0.545 e. The zero-order chi connectivity index (χ0) is 24.9. The number of carbonyl (C=O) groups is 3. The van der Waals surface area contributed by atoms with Crippen molar-refractivity contribution >= 4 is 85.7 Å². The van der Waals surface area contributed by atoms with Crippen LogP contribution in [-0.4, -0.2) is 24.5 Å². The summed E-state index contributed by atoms with van der Waals surface area (Å²) in [7, 11) is 0. The molecule has 0 saturated carbocycles. The predicted molar refractivity (Wildman–Crippen MR) is 130 cm³/mol. The minimum atomic E-state index is -2.46. The first-order valence-corrected chi connectivity index (χ1v) is 12.3. The Balaban J connectivity index is 1.83. The summed E-state index contributed by atoms with van der Waals surface area (Å²) in [5.74, 6) is -14.6. The van der Waals surface area contributed by atoms with Crippen LogP contribution in [0, 0.1) is 34.0 Å². The van der Waals surface area contributed by atoms with Gasteiger partial charge in [0.15, 0.2) is 11.6 Å². The first kappa shape index (κ1) is 28.0. The lowest BCUT2D eigenvalue weighted by molar-refractivity contribution is -0.255. The maximum absolute atomic E-state index is 13.8. The van der Waals surface area contributed by atoms with E-state index in [1.54, 1.807) is 6.07 Å². The molecule has 0 radical (unpaired) electrons. The number of carboxylic acid groups (broad SMARTS) is 1. The van der Waals surface area contributed by atoms with Gasteiger partial charge in [0, 0.05) is 17.1 Å². The molecule has 0 aliphatic carbocycles. The number of esters is 2. The highest BCUT2D eigenvalue weighted by molar-refractivity contribution is 14.1. The van der Waals surface area contributed by atoms with Crippen molar-refractivity contribution in [2.24, 2.45) is 0 Å². The van der Waals surface area contributed by atoms with Crippen LogP contribution in [0.2, 0.25) is 0 Å². The first-order chi connectivity index (χ1) is 15.5. The molecule has 0 atom stereocenters. The molecule has 0 saturated heterocycles. The average molecular weight is 805 g/mol. The zero-order valence-electron chi connectivity index (χ0n) is 16.3. The van der Waals surface area contributed by atoms with Crippen molar-refractivity contribution < 1.29 is 46.5 Å². The number of aromatic carboxylic acids is 1. The molecule has 0 unspecified atom stereocenters. The summed E-state index contributed by atoms with van der Waals surface area (Å²) < 4.78 is 66.9. The molecule has 178 valence electrons. The van der Waals surface area contributed by atoms with E-state index in [-0.39, 0.29) is 19.4 Å². The molecular formula is C20H12F4I3O6-.